The van der Waals surface area contributed by atoms with Gasteiger partial charge in [0.15, 0.2) is 5.13 Å². The van der Waals surface area contributed by atoms with Crippen LogP contribution in [0.1, 0.15) is 5.56 Å². The molecule has 0 atom stereocenters. The van der Waals surface area contributed by atoms with Gasteiger partial charge >= 0.3 is 0 Å². The van der Waals surface area contributed by atoms with E-state index in [1.807, 2.05) is 12.1 Å². The van der Waals surface area contributed by atoms with Crippen LogP contribution in [0.2, 0.25) is 0 Å². The van der Waals surface area contributed by atoms with Crippen LogP contribution in [0.25, 0.3) is 0 Å². The highest BCUT2D eigenvalue weighted by Gasteiger charge is 2.06. The number of nitrogen functional groups attached to an aromatic ring is 1. The lowest BCUT2D eigenvalue weighted by Crippen LogP contribution is -2.14. The van der Waals surface area contributed by atoms with Crippen LogP contribution in [-0.4, -0.2) is 10.9 Å². The summed E-state index contributed by atoms with van der Waals surface area (Å²) in [6.07, 6.45) is 1.97. The van der Waals surface area contributed by atoms with E-state index in [0.717, 1.165) is 9.35 Å². The van der Waals surface area contributed by atoms with E-state index in [-0.39, 0.29) is 5.91 Å². The average molecular weight is 312 g/mol. The second kappa shape index (κ2) is 5.29. The number of benzene rings is 1. The van der Waals surface area contributed by atoms with Crippen molar-refractivity contribution < 1.29 is 4.79 Å². The summed E-state index contributed by atoms with van der Waals surface area (Å²) in [6.45, 7) is 0. The summed E-state index contributed by atoms with van der Waals surface area (Å²) in [4.78, 5) is 15.7. The Morgan fingerprint density at radius 1 is 1.41 bits per heavy atom. The molecule has 1 heterocycles. The largest absolute Gasteiger partial charge is 0.399 e. The Hall–Kier alpha value is -1.40. The van der Waals surface area contributed by atoms with Gasteiger partial charge in [0.25, 0.3) is 0 Å². The first-order valence-corrected chi connectivity index (χ1v) is 6.50. The van der Waals surface area contributed by atoms with Crippen molar-refractivity contribution in [1.82, 2.24) is 4.98 Å². The highest BCUT2D eigenvalue weighted by molar-refractivity contribution is 9.11. The number of halogens is 1. The van der Waals surface area contributed by atoms with Gasteiger partial charge < -0.3 is 11.1 Å². The van der Waals surface area contributed by atoms with Crippen LogP contribution in [-0.2, 0) is 11.2 Å². The topological polar surface area (TPSA) is 68.0 Å². The normalized spacial score (nSPS) is 10.2. The lowest BCUT2D eigenvalue weighted by atomic mass is 10.1. The Morgan fingerprint density at radius 3 is 2.71 bits per heavy atom. The summed E-state index contributed by atoms with van der Waals surface area (Å²) < 4.78 is 0.889. The first-order valence-electron chi connectivity index (χ1n) is 4.89. The molecular weight excluding hydrogens is 302 g/mol. The number of thiazole rings is 1. The smallest absolute Gasteiger partial charge is 0.230 e. The van der Waals surface area contributed by atoms with Crippen molar-refractivity contribution in [2.75, 3.05) is 11.1 Å². The van der Waals surface area contributed by atoms with Crippen molar-refractivity contribution in [1.29, 1.82) is 0 Å². The molecule has 0 aliphatic carbocycles. The fourth-order valence-corrected chi connectivity index (χ4v) is 2.42. The summed E-state index contributed by atoms with van der Waals surface area (Å²) in [5.41, 5.74) is 7.19. The summed E-state index contributed by atoms with van der Waals surface area (Å²) in [7, 11) is 0. The van der Waals surface area contributed by atoms with Crippen LogP contribution < -0.4 is 11.1 Å². The number of hydrogen-bond acceptors (Lipinski definition) is 4. The van der Waals surface area contributed by atoms with Gasteiger partial charge in [0.2, 0.25) is 5.91 Å². The molecule has 6 heteroatoms. The molecule has 4 nitrogen and oxygen atoms in total. The quantitative estimate of drug-likeness (QED) is 0.856. The molecule has 0 fully saturated rings. The predicted molar refractivity (Wildman–Crippen MR) is 73.0 cm³/mol. The van der Waals surface area contributed by atoms with E-state index in [0.29, 0.717) is 17.2 Å². The molecule has 2 aromatic rings. The highest BCUT2D eigenvalue weighted by atomic mass is 79.9. The minimum Gasteiger partial charge on any atom is -0.399 e. The van der Waals surface area contributed by atoms with Crippen molar-refractivity contribution in [3.05, 3.63) is 39.8 Å². The standard InChI is InChI=1S/C11H10BrN3OS/c12-9-6-14-11(17-9)15-10(16)5-7-1-3-8(13)4-2-7/h1-4,6H,5,13H2,(H,14,15,16). The van der Waals surface area contributed by atoms with Crippen LogP contribution in [0.3, 0.4) is 0 Å². The van der Waals surface area contributed by atoms with E-state index in [4.69, 9.17) is 5.73 Å². The fraction of sp³-hybridized carbons (Fsp3) is 0.0909. The maximum absolute atomic E-state index is 11.7. The molecule has 3 N–H and O–H groups in total. The van der Waals surface area contributed by atoms with Crippen LogP contribution >= 0.6 is 27.3 Å². The molecule has 88 valence electrons. The van der Waals surface area contributed by atoms with E-state index in [2.05, 4.69) is 26.2 Å². The first kappa shape index (κ1) is 12.1. The number of hydrogen-bond donors (Lipinski definition) is 2. The number of nitrogens with one attached hydrogen (secondary N) is 1. The number of carbonyl (C=O) groups excluding carboxylic acids is 1. The van der Waals surface area contributed by atoms with Crippen molar-refractivity contribution in [3.8, 4) is 0 Å². The van der Waals surface area contributed by atoms with Gasteiger partial charge in [-0.15, -0.1) is 0 Å². The Kier molecular flexibility index (Phi) is 3.75. The minimum atomic E-state index is -0.0865. The molecule has 1 aromatic heterocycles. The van der Waals surface area contributed by atoms with E-state index in [9.17, 15) is 4.79 Å². The Balaban J connectivity index is 1.95. The second-order valence-electron chi connectivity index (χ2n) is 3.44. The van der Waals surface area contributed by atoms with Gasteiger partial charge in [-0.2, -0.15) is 0 Å². The fourth-order valence-electron chi connectivity index (χ4n) is 1.30. The molecule has 1 aromatic carbocycles. The molecule has 0 saturated carbocycles. The Labute approximate surface area is 111 Å². The minimum absolute atomic E-state index is 0.0865. The number of anilines is 2. The van der Waals surface area contributed by atoms with Crippen LogP contribution in [0, 0.1) is 0 Å². The van der Waals surface area contributed by atoms with E-state index < -0.39 is 0 Å². The summed E-state index contributed by atoms with van der Waals surface area (Å²) >= 11 is 4.67. The molecule has 1 amide bonds. The number of aromatic nitrogens is 1. The lowest BCUT2D eigenvalue weighted by Gasteiger charge is -2.02. The van der Waals surface area contributed by atoms with Crippen LogP contribution in [0.15, 0.2) is 34.2 Å². The van der Waals surface area contributed by atoms with Crippen molar-refractivity contribution in [2.45, 2.75) is 6.42 Å². The van der Waals surface area contributed by atoms with Gasteiger partial charge in [-0.05, 0) is 33.6 Å². The zero-order valence-electron chi connectivity index (χ0n) is 8.81. The average Bonchev–Trinajstić information content (AvgIpc) is 2.67. The van der Waals surface area contributed by atoms with Gasteiger partial charge in [-0.25, -0.2) is 4.98 Å². The number of carbonyl (C=O) groups is 1. The Morgan fingerprint density at radius 2 is 2.12 bits per heavy atom. The highest BCUT2D eigenvalue weighted by Crippen LogP contribution is 2.23. The molecule has 0 saturated heterocycles. The zero-order valence-corrected chi connectivity index (χ0v) is 11.2. The lowest BCUT2D eigenvalue weighted by molar-refractivity contribution is -0.115. The summed E-state index contributed by atoms with van der Waals surface area (Å²) in [6, 6.07) is 7.24. The molecule has 0 aliphatic rings. The predicted octanol–water partition coefficient (Wildman–Crippen LogP) is 2.67. The first-order chi connectivity index (χ1) is 8.13. The van der Waals surface area contributed by atoms with Crippen LogP contribution in [0.4, 0.5) is 10.8 Å². The molecular formula is C11H10BrN3OS. The van der Waals surface area contributed by atoms with E-state index >= 15 is 0 Å². The molecule has 2 rings (SSSR count). The zero-order chi connectivity index (χ0) is 12.3. The molecule has 0 radical (unpaired) electrons. The second-order valence-corrected chi connectivity index (χ2v) is 5.85. The van der Waals surface area contributed by atoms with Gasteiger partial charge in [0.1, 0.15) is 0 Å². The van der Waals surface area contributed by atoms with Gasteiger partial charge in [0.05, 0.1) is 16.4 Å². The molecule has 0 spiro atoms. The molecule has 0 unspecified atom stereocenters. The van der Waals surface area contributed by atoms with E-state index in [1.165, 1.54) is 11.3 Å². The third-order valence-electron chi connectivity index (χ3n) is 2.07. The van der Waals surface area contributed by atoms with Crippen molar-refractivity contribution in [2.24, 2.45) is 0 Å². The SMILES string of the molecule is Nc1ccc(CC(=O)Nc2ncc(Br)s2)cc1. The monoisotopic (exact) mass is 311 g/mol. The number of rotatable bonds is 3. The van der Waals surface area contributed by atoms with Gasteiger partial charge in [-0.3, -0.25) is 4.79 Å². The number of nitrogens with zero attached hydrogens (tertiary/aromatic N) is 1. The maximum Gasteiger partial charge on any atom is 0.230 e. The van der Waals surface area contributed by atoms with Crippen molar-refractivity contribution in [3.63, 3.8) is 0 Å². The van der Waals surface area contributed by atoms with E-state index in [1.54, 1.807) is 18.3 Å². The molecule has 17 heavy (non-hydrogen) atoms. The summed E-state index contributed by atoms with van der Waals surface area (Å²) in [5.74, 6) is -0.0865. The number of amides is 1. The third kappa shape index (κ3) is 3.54. The maximum atomic E-state index is 11.7. The van der Waals surface area contributed by atoms with Crippen LogP contribution in [0.5, 0.6) is 0 Å². The number of nitrogens with two attached hydrogens (primary N) is 1. The van der Waals surface area contributed by atoms with Gasteiger partial charge in [-0.1, -0.05) is 23.5 Å². The third-order valence-corrected chi connectivity index (χ3v) is 3.46. The summed E-state index contributed by atoms with van der Waals surface area (Å²) in [5, 5.41) is 3.33. The molecule has 0 aliphatic heterocycles. The Bertz CT molecular complexity index is 524. The van der Waals surface area contributed by atoms with Crippen molar-refractivity contribution >= 4 is 44.0 Å². The van der Waals surface area contributed by atoms with Gasteiger partial charge in [0, 0.05) is 5.69 Å². The molecule has 0 bridgehead atoms.